The second-order valence-corrected chi connectivity index (χ2v) is 13.2. The van der Waals surface area contributed by atoms with Crippen LogP contribution in [0.4, 0.5) is 5.69 Å². The third-order valence-corrected chi connectivity index (χ3v) is 9.98. The normalized spacial score (nSPS) is 12.6. The fourth-order valence-electron chi connectivity index (χ4n) is 7.34. The summed E-state index contributed by atoms with van der Waals surface area (Å²) < 4.78 is 6.67. The molecule has 0 bridgehead atoms. The van der Waals surface area contributed by atoms with Gasteiger partial charge in [0.2, 0.25) is 0 Å². The second-order valence-electron chi connectivity index (χ2n) is 13.2. The maximum absolute atomic E-state index is 6.67. The van der Waals surface area contributed by atoms with Gasteiger partial charge in [-0.3, -0.25) is 4.99 Å². The molecule has 0 fully saturated rings. The Morgan fingerprint density at radius 2 is 1.15 bits per heavy atom. The summed E-state index contributed by atoms with van der Waals surface area (Å²) in [6.07, 6.45) is 5.04. The molecule has 52 heavy (non-hydrogen) atoms. The molecule has 0 saturated heterocycles. The first-order valence-electron chi connectivity index (χ1n) is 17.6. The van der Waals surface area contributed by atoms with Crippen LogP contribution in [0.25, 0.3) is 89.4 Å². The number of allylic oxidation sites excluding steroid dienone is 1. The average Bonchev–Trinajstić information content (AvgIpc) is 3.45. The zero-order valence-electron chi connectivity index (χ0n) is 28.2. The maximum Gasteiger partial charge on any atom is 0.160 e. The summed E-state index contributed by atoms with van der Waals surface area (Å²) >= 11 is 0. The van der Waals surface area contributed by atoms with Crippen LogP contribution in [-0.2, 0) is 0 Å². The van der Waals surface area contributed by atoms with Gasteiger partial charge in [-0.2, -0.15) is 0 Å². The molecule has 2 aromatic heterocycles. The van der Waals surface area contributed by atoms with Crippen LogP contribution in [0.15, 0.2) is 173 Å². The molecule has 10 rings (SSSR count). The van der Waals surface area contributed by atoms with Crippen LogP contribution in [-0.4, -0.2) is 16.2 Å². The largest absolute Gasteiger partial charge is 0.455 e. The zero-order chi connectivity index (χ0) is 34.4. The van der Waals surface area contributed by atoms with E-state index in [4.69, 9.17) is 19.4 Å². The minimum Gasteiger partial charge on any atom is -0.455 e. The lowest BCUT2D eigenvalue weighted by Crippen LogP contribution is -1.97. The van der Waals surface area contributed by atoms with Gasteiger partial charge in [0, 0.05) is 45.7 Å². The highest BCUT2D eigenvalue weighted by Crippen LogP contribution is 2.42. The molecule has 0 unspecified atom stereocenters. The summed E-state index contributed by atoms with van der Waals surface area (Å²) in [5.41, 5.74) is 12.9. The SMILES string of the molecule is C1=Nc2ccc3ccccc3c2C=C(c2cc(-c3cc(-c4ccc(-c5ccccc5)cc4)nc(-c4ccccc4)n3)c3oc4ccccc4c3c2)C1. The van der Waals surface area contributed by atoms with E-state index in [1.54, 1.807) is 0 Å². The maximum atomic E-state index is 6.67. The van der Waals surface area contributed by atoms with Crippen molar-refractivity contribution in [1.29, 1.82) is 0 Å². The Labute approximate surface area is 301 Å². The molecule has 4 nitrogen and oxygen atoms in total. The monoisotopic (exact) mass is 665 g/mol. The number of hydrogen-bond acceptors (Lipinski definition) is 4. The Kier molecular flexibility index (Phi) is 7.17. The number of furan rings is 1. The number of aromatic nitrogens is 2. The van der Waals surface area contributed by atoms with Gasteiger partial charge >= 0.3 is 0 Å². The molecule has 3 heterocycles. The lowest BCUT2D eigenvalue weighted by molar-refractivity contribution is 0.670. The second kappa shape index (κ2) is 12.4. The first-order chi connectivity index (χ1) is 25.7. The number of nitrogens with zero attached hydrogens (tertiary/aromatic N) is 3. The Balaban J connectivity index is 1.20. The predicted molar refractivity (Wildman–Crippen MR) is 216 cm³/mol. The van der Waals surface area contributed by atoms with Crippen LogP contribution in [0.3, 0.4) is 0 Å². The van der Waals surface area contributed by atoms with E-state index < -0.39 is 0 Å². The van der Waals surface area contributed by atoms with Crippen molar-refractivity contribution in [2.75, 3.05) is 0 Å². The highest BCUT2D eigenvalue weighted by molar-refractivity contribution is 6.12. The lowest BCUT2D eigenvalue weighted by Gasteiger charge is -2.13. The Morgan fingerprint density at radius 1 is 0.481 bits per heavy atom. The Bertz CT molecular complexity index is 2850. The van der Waals surface area contributed by atoms with Gasteiger partial charge in [0.25, 0.3) is 0 Å². The number of benzene rings is 7. The van der Waals surface area contributed by atoms with Gasteiger partial charge in [-0.15, -0.1) is 0 Å². The number of rotatable bonds is 5. The average molecular weight is 666 g/mol. The minimum atomic E-state index is 0.663. The van der Waals surface area contributed by atoms with Crippen molar-refractivity contribution < 1.29 is 4.42 Å². The van der Waals surface area contributed by atoms with Crippen LogP contribution < -0.4 is 0 Å². The molecule has 244 valence electrons. The van der Waals surface area contributed by atoms with Crippen LogP contribution in [0.1, 0.15) is 17.5 Å². The van der Waals surface area contributed by atoms with Gasteiger partial charge in [-0.1, -0.05) is 133 Å². The summed E-state index contributed by atoms with van der Waals surface area (Å²) in [4.78, 5) is 15.3. The number of para-hydroxylation sites is 1. The highest BCUT2D eigenvalue weighted by atomic mass is 16.3. The van der Waals surface area contributed by atoms with E-state index >= 15 is 0 Å². The van der Waals surface area contributed by atoms with Crippen LogP contribution in [0.5, 0.6) is 0 Å². The molecule has 7 aromatic carbocycles. The zero-order valence-corrected chi connectivity index (χ0v) is 28.2. The fraction of sp³-hybridized carbons (Fsp3) is 0.0208. The molecule has 0 atom stereocenters. The van der Waals surface area contributed by atoms with Crippen molar-refractivity contribution in [1.82, 2.24) is 9.97 Å². The molecule has 1 aliphatic rings. The van der Waals surface area contributed by atoms with E-state index in [1.165, 1.54) is 21.9 Å². The first-order valence-corrected chi connectivity index (χ1v) is 17.6. The molecular weight excluding hydrogens is 635 g/mol. The highest BCUT2D eigenvalue weighted by Gasteiger charge is 2.20. The number of hydrogen-bond donors (Lipinski definition) is 0. The summed E-state index contributed by atoms with van der Waals surface area (Å²) in [5, 5.41) is 4.52. The number of aliphatic imine (C=N–C) groups is 1. The molecule has 0 amide bonds. The van der Waals surface area contributed by atoms with Crippen LogP contribution in [0, 0.1) is 0 Å². The van der Waals surface area contributed by atoms with Crippen molar-refractivity contribution in [2.45, 2.75) is 6.42 Å². The summed E-state index contributed by atoms with van der Waals surface area (Å²) in [5.74, 6) is 0.663. The molecule has 0 radical (unpaired) electrons. The van der Waals surface area contributed by atoms with Gasteiger partial charge in [0.15, 0.2) is 5.82 Å². The van der Waals surface area contributed by atoms with Gasteiger partial charge in [-0.05, 0) is 69.4 Å². The quantitative estimate of drug-likeness (QED) is 0.184. The van der Waals surface area contributed by atoms with E-state index in [2.05, 4.69) is 133 Å². The summed E-state index contributed by atoms with van der Waals surface area (Å²) in [6, 6.07) is 56.9. The van der Waals surface area contributed by atoms with Crippen molar-refractivity contribution in [3.05, 3.63) is 175 Å². The van der Waals surface area contributed by atoms with Gasteiger partial charge in [0.05, 0.1) is 17.1 Å². The predicted octanol–water partition coefficient (Wildman–Crippen LogP) is 12.8. The Hall–Kier alpha value is -6.91. The van der Waals surface area contributed by atoms with Gasteiger partial charge in [-0.25, -0.2) is 9.97 Å². The van der Waals surface area contributed by atoms with Crippen molar-refractivity contribution >= 4 is 56.3 Å². The van der Waals surface area contributed by atoms with E-state index in [0.717, 1.165) is 72.4 Å². The summed E-state index contributed by atoms with van der Waals surface area (Å²) in [7, 11) is 0. The smallest absolute Gasteiger partial charge is 0.160 e. The van der Waals surface area contributed by atoms with Crippen molar-refractivity contribution in [3.8, 4) is 45.0 Å². The van der Waals surface area contributed by atoms with Gasteiger partial charge in [0.1, 0.15) is 11.2 Å². The third-order valence-electron chi connectivity index (χ3n) is 9.98. The molecule has 9 aromatic rings. The van der Waals surface area contributed by atoms with E-state index in [1.807, 2.05) is 42.6 Å². The van der Waals surface area contributed by atoms with Crippen molar-refractivity contribution in [3.63, 3.8) is 0 Å². The van der Waals surface area contributed by atoms with E-state index in [0.29, 0.717) is 12.2 Å². The first kappa shape index (κ1) is 30.0. The van der Waals surface area contributed by atoms with Gasteiger partial charge < -0.3 is 4.42 Å². The molecule has 0 N–H and O–H groups in total. The molecular formula is C48H31N3O. The minimum absolute atomic E-state index is 0.663. The molecule has 0 spiro atoms. The molecule has 4 heteroatoms. The van der Waals surface area contributed by atoms with E-state index in [-0.39, 0.29) is 0 Å². The molecule has 1 aliphatic heterocycles. The van der Waals surface area contributed by atoms with Crippen LogP contribution >= 0.6 is 0 Å². The fourth-order valence-corrected chi connectivity index (χ4v) is 7.34. The van der Waals surface area contributed by atoms with Crippen molar-refractivity contribution in [2.24, 2.45) is 4.99 Å². The Morgan fingerprint density at radius 3 is 1.98 bits per heavy atom. The topological polar surface area (TPSA) is 51.3 Å². The summed E-state index contributed by atoms with van der Waals surface area (Å²) in [6.45, 7) is 0. The van der Waals surface area contributed by atoms with E-state index in [9.17, 15) is 0 Å². The standard InChI is InChI=1S/C48H31N3O/c1-3-11-31(12-4-1)32-19-21-34(22-20-32)44-30-45(51-48(50-44)35-14-5-2-6-15-35)42-29-37(28-41-39-17-9-10-18-46(39)52-47(41)42)36-25-26-49-43-24-23-33-13-7-8-16-38(33)40(43)27-36/h1-24,26-30H,25H2. The molecule has 0 saturated carbocycles. The molecule has 0 aliphatic carbocycles. The lowest BCUT2D eigenvalue weighted by atomic mass is 9.93. The number of fused-ring (bicyclic) bond motifs is 6. The van der Waals surface area contributed by atoms with Crippen LogP contribution in [0.2, 0.25) is 0 Å². The third kappa shape index (κ3) is 5.29.